The Bertz CT molecular complexity index is 870. The first kappa shape index (κ1) is 17.4. The molecule has 3 N–H and O–H groups in total. The Hall–Kier alpha value is -3.00. The van der Waals surface area contributed by atoms with Gasteiger partial charge < -0.3 is 11.1 Å². The third-order valence-corrected chi connectivity index (χ3v) is 3.52. The number of nitrogens with one attached hydrogen (secondary N) is 1. The molecule has 2 rings (SSSR count). The molecule has 0 saturated heterocycles. The summed E-state index contributed by atoms with van der Waals surface area (Å²) in [7, 11) is 0. The molecule has 0 aliphatic carbocycles. The predicted octanol–water partition coefficient (Wildman–Crippen LogP) is 3.11. The first-order chi connectivity index (χ1) is 11.2. The highest BCUT2D eigenvalue weighted by atomic mass is 35.5. The molecule has 0 saturated carbocycles. The number of nitro groups is 1. The average Bonchev–Trinajstić information content (AvgIpc) is 2.47. The van der Waals surface area contributed by atoms with Crippen LogP contribution in [0.3, 0.4) is 0 Å². The van der Waals surface area contributed by atoms with Gasteiger partial charge in [-0.2, -0.15) is 0 Å². The van der Waals surface area contributed by atoms with E-state index in [0.717, 1.165) is 18.2 Å². The molecule has 24 heavy (non-hydrogen) atoms. The number of nitro benzene ring substituents is 1. The molecule has 2 aromatic carbocycles. The largest absolute Gasteiger partial charge is 0.366 e. The Labute approximate surface area is 140 Å². The van der Waals surface area contributed by atoms with Gasteiger partial charge >= 0.3 is 0 Å². The number of amides is 2. The predicted molar refractivity (Wildman–Crippen MR) is 86.3 cm³/mol. The van der Waals surface area contributed by atoms with Crippen LogP contribution in [0.2, 0.25) is 5.02 Å². The van der Waals surface area contributed by atoms with E-state index >= 15 is 0 Å². The Balaban J connectivity index is 2.65. The fourth-order valence-corrected chi connectivity index (χ4v) is 2.41. The van der Waals surface area contributed by atoms with Crippen molar-refractivity contribution >= 4 is 34.8 Å². The number of benzene rings is 2. The van der Waals surface area contributed by atoms with E-state index in [-0.39, 0.29) is 33.3 Å². The smallest absolute Gasteiger partial charge is 0.270 e. The number of rotatable bonds is 4. The molecule has 0 fully saturated rings. The lowest BCUT2D eigenvalue weighted by Gasteiger charge is -2.10. The van der Waals surface area contributed by atoms with Crippen LogP contribution in [0.15, 0.2) is 30.3 Å². The van der Waals surface area contributed by atoms with Gasteiger partial charge in [0.15, 0.2) is 0 Å². The van der Waals surface area contributed by atoms with Crippen LogP contribution in [0.4, 0.5) is 15.8 Å². The fourth-order valence-electron chi connectivity index (χ4n) is 2.10. The highest BCUT2D eigenvalue weighted by molar-refractivity contribution is 6.36. The molecule has 2 aromatic rings. The van der Waals surface area contributed by atoms with Crippen molar-refractivity contribution in [2.45, 2.75) is 6.92 Å². The van der Waals surface area contributed by atoms with Crippen LogP contribution in [-0.2, 0) is 4.79 Å². The molecule has 0 radical (unpaired) electrons. The molecule has 2 amide bonds. The normalized spacial score (nSPS) is 10.3. The number of nitrogens with zero attached hydrogens (tertiary/aromatic N) is 1. The van der Waals surface area contributed by atoms with Crippen molar-refractivity contribution < 1.29 is 18.9 Å². The van der Waals surface area contributed by atoms with Crippen molar-refractivity contribution in [1.82, 2.24) is 0 Å². The molecule has 9 heteroatoms. The number of carbonyl (C=O) groups excluding carboxylic acids is 2. The fraction of sp³-hybridized carbons (Fsp3) is 0.0667. The molecule has 0 spiro atoms. The maximum absolute atomic E-state index is 14.3. The van der Waals surface area contributed by atoms with E-state index in [1.165, 1.54) is 19.1 Å². The van der Waals surface area contributed by atoms with E-state index in [2.05, 4.69) is 5.32 Å². The van der Waals surface area contributed by atoms with Crippen molar-refractivity contribution in [3.05, 3.63) is 56.8 Å². The van der Waals surface area contributed by atoms with Gasteiger partial charge in [0.2, 0.25) is 11.8 Å². The first-order valence-corrected chi connectivity index (χ1v) is 6.93. The van der Waals surface area contributed by atoms with Crippen LogP contribution < -0.4 is 11.1 Å². The van der Waals surface area contributed by atoms with E-state index in [9.17, 15) is 24.1 Å². The van der Waals surface area contributed by atoms with Gasteiger partial charge in [0, 0.05) is 35.9 Å². The number of non-ortho nitro benzene ring substituents is 1. The summed E-state index contributed by atoms with van der Waals surface area (Å²) < 4.78 is 14.3. The Morgan fingerprint density at radius 3 is 2.42 bits per heavy atom. The lowest BCUT2D eigenvalue weighted by molar-refractivity contribution is -0.384. The van der Waals surface area contributed by atoms with Crippen LogP contribution in [0.1, 0.15) is 17.3 Å². The van der Waals surface area contributed by atoms with Gasteiger partial charge in [-0.15, -0.1) is 0 Å². The van der Waals surface area contributed by atoms with Crippen molar-refractivity contribution in [3.63, 3.8) is 0 Å². The second-order valence-electron chi connectivity index (χ2n) is 4.85. The quantitative estimate of drug-likeness (QED) is 0.650. The maximum atomic E-state index is 14.3. The summed E-state index contributed by atoms with van der Waals surface area (Å²) in [5.74, 6) is -2.13. The van der Waals surface area contributed by atoms with Crippen LogP contribution in [0.25, 0.3) is 11.1 Å². The molecule has 0 aliphatic heterocycles. The van der Waals surface area contributed by atoms with Crippen molar-refractivity contribution in [1.29, 1.82) is 0 Å². The topological polar surface area (TPSA) is 115 Å². The third-order valence-electron chi connectivity index (χ3n) is 3.11. The minimum absolute atomic E-state index is 0.0495. The van der Waals surface area contributed by atoms with E-state index in [0.29, 0.717) is 0 Å². The summed E-state index contributed by atoms with van der Waals surface area (Å²) in [6, 6.07) is 5.70. The number of anilines is 1. The minimum atomic E-state index is -0.972. The monoisotopic (exact) mass is 351 g/mol. The summed E-state index contributed by atoms with van der Waals surface area (Å²) in [4.78, 5) is 32.7. The molecule has 0 unspecified atom stereocenters. The Kier molecular flexibility index (Phi) is 4.79. The summed E-state index contributed by atoms with van der Waals surface area (Å²) >= 11 is 6.05. The first-order valence-electron chi connectivity index (χ1n) is 6.56. The molecule has 0 aromatic heterocycles. The Morgan fingerprint density at radius 1 is 1.25 bits per heavy atom. The highest BCUT2D eigenvalue weighted by Crippen LogP contribution is 2.36. The SMILES string of the molecule is CC(=O)Nc1ccc(-c2cc([N+](=O)[O-])cc(C(N)=O)c2Cl)c(F)c1. The summed E-state index contributed by atoms with van der Waals surface area (Å²) in [6.45, 7) is 1.27. The maximum Gasteiger partial charge on any atom is 0.270 e. The van der Waals surface area contributed by atoms with E-state index in [1.807, 2.05) is 0 Å². The molecule has 124 valence electrons. The van der Waals surface area contributed by atoms with Gasteiger partial charge in [0.25, 0.3) is 5.69 Å². The number of halogens is 2. The molecular formula is C15H11ClFN3O4. The molecule has 0 aliphatic rings. The zero-order valence-electron chi connectivity index (χ0n) is 12.3. The zero-order valence-corrected chi connectivity index (χ0v) is 13.1. The molecule has 0 heterocycles. The number of hydrogen-bond acceptors (Lipinski definition) is 4. The Morgan fingerprint density at radius 2 is 1.92 bits per heavy atom. The number of nitrogens with two attached hydrogens (primary N) is 1. The van der Waals surface area contributed by atoms with Gasteiger partial charge in [0.1, 0.15) is 5.82 Å². The van der Waals surface area contributed by atoms with Gasteiger partial charge in [-0.25, -0.2) is 4.39 Å². The lowest BCUT2D eigenvalue weighted by Crippen LogP contribution is -2.12. The minimum Gasteiger partial charge on any atom is -0.366 e. The summed E-state index contributed by atoms with van der Waals surface area (Å²) in [5, 5.41) is 13.2. The van der Waals surface area contributed by atoms with Gasteiger partial charge in [-0.1, -0.05) is 11.6 Å². The molecular weight excluding hydrogens is 341 g/mol. The summed E-state index contributed by atoms with van der Waals surface area (Å²) in [5.41, 5.74) is 4.51. The van der Waals surface area contributed by atoms with E-state index in [4.69, 9.17) is 17.3 Å². The average molecular weight is 352 g/mol. The second kappa shape index (κ2) is 6.63. The number of carbonyl (C=O) groups is 2. The van der Waals surface area contributed by atoms with Crippen LogP contribution in [-0.4, -0.2) is 16.7 Å². The standard InChI is InChI=1S/C15H11ClFN3O4/c1-7(21)19-8-2-3-10(13(17)4-8)11-5-9(20(23)24)6-12(14(11)16)15(18)22/h2-6H,1H3,(H2,18,22)(H,19,21). The highest BCUT2D eigenvalue weighted by Gasteiger charge is 2.21. The van der Waals surface area contributed by atoms with Gasteiger partial charge in [-0.3, -0.25) is 19.7 Å². The molecule has 0 bridgehead atoms. The van der Waals surface area contributed by atoms with Crippen molar-refractivity contribution in [2.75, 3.05) is 5.32 Å². The van der Waals surface area contributed by atoms with Crippen LogP contribution in [0, 0.1) is 15.9 Å². The number of hydrogen-bond donors (Lipinski definition) is 2. The number of primary amides is 1. The van der Waals surface area contributed by atoms with Crippen molar-refractivity contribution in [3.8, 4) is 11.1 Å². The third kappa shape index (κ3) is 3.49. The van der Waals surface area contributed by atoms with Gasteiger partial charge in [-0.05, 0) is 18.2 Å². The van der Waals surface area contributed by atoms with E-state index in [1.54, 1.807) is 0 Å². The summed E-state index contributed by atoms with van der Waals surface area (Å²) in [6.07, 6.45) is 0. The molecule has 7 nitrogen and oxygen atoms in total. The van der Waals surface area contributed by atoms with Gasteiger partial charge in [0.05, 0.1) is 15.5 Å². The van der Waals surface area contributed by atoms with Crippen molar-refractivity contribution in [2.24, 2.45) is 5.73 Å². The van der Waals surface area contributed by atoms with E-state index < -0.39 is 22.3 Å². The zero-order chi connectivity index (χ0) is 18.0. The van der Waals surface area contributed by atoms with Crippen LogP contribution >= 0.6 is 11.6 Å². The molecule has 0 atom stereocenters. The van der Waals surface area contributed by atoms with Crippen LogP contribution in [0.5, 0.6) is 0 Å². The lowest BCUT2D eigenvalue weighted by atomic mass is 10.0. The second-order valence-corrected chi connectivity index (χ2v) is 5.23.